The Hall–Kier alpha value is -3.73. The zero-order chi connectivity index (χ0) is 26.2. The van der Waals surface area contributed by atoms with Gasteiger partial charge in [-0.1, -0.05) is 55.2 Å². The molecule has 7 heteroatoms. The Kier molecular flexibility index (Phi) is 8.89. The molecule has 1 aromatic carbocycles. The van der Waals surface area contributed by atoms with Crippen LogP contribution in [0.2, 0.25) is 0 Å². The summed E-state index contributed by atoms with van der Waals surface area (Å²) in [4.78, 5) is 26.4. The summed E-state index contributed by atoms with van der Waals surface area (Å²) in [6.45, 7) is 5.57. The number of aliphatic hydroxyl groups excluding tert-OH is 1. The number of hydrogen-bond acceptors (Lipinski definition) is 6. The topological polar surface area (TPSA) is 78.8 Å². The van der Waals surface area contributed by atoms with Gasteiger partial charge >= 0.3 is 0 Å². The number of amides is 1. The maximum Gasteiger partial charge on any atom is 0.259 e. The van der Waals surface area contributed by atoms with Crippen molar-refractivity contribution >= 4 is 5.91 Å². The van der Waals surface area contributed by atoms with Crippen molar-refractivity contribution in [1.29, 1.82) is 0 Å². The van der Waals surface area contributed by atoms with Crippen LogP contribution < -0.4 is 4.74 Å². The highest BCUT2D eigenvalue weighted by atomic mass is 16.5. The van der Waals surface area contributed by atoms with Gasteiger partial charge < -0.3 is 14.7 Å². The highest BCUT2D eigenvalue weighted by Gasteiger charge is 2.34. The minimum Gasteiger partial charge on any atom is -0.472 e. The number of hydrogen-bond donors (Lipinski definition) is 1. The quantitative estimate of drug-likeness (QED) is 0.503. The van der Waals surface area contributed by atoms with Gasteiger partial charge in [0.15, 0.2) is 0 Å². The van der Waals surface area contributed by atoms with Crippen LogP contribution in [0.15, 0.2) is 67.0 Å². The lowest BCUT2D eigenvalue weighted by Crippen LogP contribution is -2.49. The Bertz CT molecular complexity index is 1240. The number of likely N-dealkylation sites (N-methyl/N-ethyl adjacent to an activating group) is 1. The molecule has 0 bridgehead atoms. The van der Waals surface area contributed by atoms with Crippen molar-refractivity contribution in [2.45, 2.75) is 39.0 Å². The van der Waals surface area contributed by atoms with Crippen LogP contribution in [-0.2, 0) is 13.0 Å². The predicted octanol–water partition coefficient (Wildman–Crippen LogP) is 3.42. The first-order valence-corrected chi connectivity index (χ1v) is 12.6. The summed E-state index contributed by atoms with van der Waals surface area (Å²) < 4.78 is 6.39. The van der Waals surface area contributed by atoms with Crippen LogP contribution in [0.1, 0.15) is 41.0 Å². The summed E-state index contributed by atoms with van der Waals surface area (Å²) in [6, 6.07) is 17.3. The smallest absolute Gasteiger partial charge is 0.259 e. The highest BCUT2D eigenvalue weighted by Crippen LogP contribution is 2.27. The second kappa shape index (κ2) is 12.5. The van der Waals surface area contributed by atoms with Crippen LogP contribution in [-0.4, -0.2) is 69.7 Å². The zero-order valence-corrected chi connectivity index (χ0v) is 21.7. The molecule has 1 N–H and O–H groups in total. The number of aliphatic hydroxyl groups is 1. The number of carbonyl (C=O) groups excluding carboxylic acids is 1. The van der Waals surface area contributed by atoms with Gasteiger partial charge in [-0.3, -0.25) is 14.7 Å². The molecule has 3 aromatic rings. The average molecular weight is 499 g/mol. The van der Waals surface area contributed by atoms with Gasteiger partial charge in [0.2, 0.25) is 5.88 Å². The third-order valence-electron chi connectivity index (χ3n) is 6.54. The molecule has 3 heterocycles. The molecule has 1 amide bonds. The average Bonchev–Trinajstić information content (AvgIpc) is 2.91. The van der Waals surface area contributed by atoms with Crippen LogP contribution in [0.25, 0.3) is 0 Å². The van der Waals surface area contributed by atoms with Crippen molar-refractivity contribution in [1.82, 2.24) is 19.8 Å². The molecule has 0 fully saturated rings. The van der Waals surface area contributed by atoms with Crippen molar-refractivity contribution in [3.63, 3.8) is 0 Å². The molecule has 0 unspecified atom stereocenters. The number of nitrogens with zero attached hydrogens (tertiary/aromatic N) is 4. The Balaban J connectivity index is 1.59. The predicted molar refractivity (Wildman–Crippen MR) is 143 cm³/mol. The second-order valence-corrected chi connectivity index (χ2v) is 9.68. The summed E-state index contributed by atoms with van der Waals surface area (Å²) >= 11 is 0. The third-order valence-corrected chi connectivity index (χ3v) is 6.54. The number of pyridine rings is 2. The van der Waals surface area contributed by atoms with Crippen LogP contribution in [0.4, 0.5) is 0 Å². The molecule has 192 valence electrons. The molecule has 37 heavy (non-hydrogen) atoms. The first-order chi connectivity index (χ1) is 17.9. The molecule has 0 aliphatic carbocycles. The van der Waals surface area contributed by atoms with Crippen molar-refractivity contribution < 1.29 is 14.6 Å². The molecule has 0 spiro atoms. The van der Waals surface area contributed by atoms with Gasteiger partial charge in [-0.25, -0.2) is 4.98 Å². The van der Waals surface area contributed by atoms with Gasteiger partial charge in [0, 0.05) is 49.9 Å². The molecular formula is C30H34N4O3. The van der Waals surface area contributed by atoms with E-state index in [9.17, 15) is 9.90 Å². The summed E-state index contributed by atoms with van der Waals surface area (Å²) in [5, 5.41) is 9.88. The van der Waals surface area contributed by atoms with E-state index in [1.165, 1.54) is 0 Å². The minimum atomic E-state index is -0.333. The molecule has 2 aromatic heterocycles. The Morgan fingerprint density at radius 2 is 1.97 bits per heavy atom. The SMILES string of the molecule is C[C@@H]1CN([C@@H](C)CO)C(=O)c2cc(C#CCc3ccccc3)cnc2O[C@H]1CN(C)Cc1ccccn1. The van der Waals surface area contributed by atoms with E-state index in [1.807, 2.05) is 62.5 Å². The van der Waals surface area contributed by atoms with Crippen LogP contribution in [0, 0.1) is 17.8 Å². The first kappa shape index (κ1) is 26.3. The Morgan fingerprint density at radius 1 is 1.19 bits per heavy atom. The molecule has 7 nitrogen and oxygen atoms in total. The Labute approximate surface area is 219 Å². The standard InChI is InChI=1S/C30H34N4O3/c1-22-18-34(23(2)21-35)30(36)27-16-25(13-9-12-24-10-5-4-6-11-24)17-32-29(27)37-28(22)20-33(3)19-26-14-7-8-15-31-26/h4-8,10-11,14-17,22-23,28,35H,12,18-21H2,1-3H3/t22-,23+,28+/m1/s1. The van der Waals surface area contributed by atoms with E-state index in [2.05, 4.69) is 33.6 Å². The summed E-state index contributed by atoms with van der Waals surface area (Å²) in [6.07, 6.45) is 3.85. The van der Waals surface area contributed by atoms with Crippen LogP contribution in [0.3, 0.4) is 0 Å². The van der Waals surface area contributed by atoms with Crippen molar-refractivity contribution in [2.75, 3.05) is 26.7 Å². The first-order valence-electron chi connectivity index (χ1n) is 12.6. The molecule has 0 radical (unpaired) electrons. The Morgan fingerprint density at radius 3 is 2.70 bits per heavy atom. The monoisotopic (exact) mass is 498 g/mol. The molecule has 1 aliphatic rings. The lowest BCUT2D eigenvalue weighted by molar-refractivity contribution is 0.0324. The number of rotatable bonds is 7. The summed E-state index contributed by atoms with van der Waals surface area (Å²) in [7, 11) is 2.03. The number of aromatic nitrogens is 2. The molecule has 1 aliphatic heterocycles. The van der Waals surface area contributed by atoms with Crippen molar-refractivity contribution in [2.24, 2.45) is 5.92 Å². The van der Waals surface area contributed by atoms with Crippen molar-refractivity contribution in [3.05, 3.63) is 89.4 Å². The summed E-state index contributed by atoms with van der Waals surface area (Å²) in [5.41, 5.74) is 3.13. The number of carbonyl (C=O) groups is 1. The van der Waals surface area contributed by atoms with Gasteiger partial charge in [-0.2, -0.15) is 0 Å². The normalized spacial score (nSPS) is 18.2. The molecule has 3 atom stereocenters. The van der Waals surface area contributed by atoms with Gasteiger partial charge in [-0.05, 0) is 37.7 Å². The lowest BCUT2D eigenvalue weighted by atomic mass is 10.00. The lowest BCUT2D eigenvalue weighted by Gasteiger charge is -2.37. The van der Waals surface area contributed by atoms with E-state index in [1.54, 1.807) is 23.4 Å². The molecular weight excluding hydrogens is 464 g/mol. The van der Waals surface area contributed by atoms with E-state index in [0.717, 1.165) is 11.3 Å². The van der Waals surface area contributed by atoms with E-state index in [4.69, 9.17) is 4.74 Å². The van der Waals surface area contributed by atoms with Crippen molar-refractivity contribution in [3.8, 4) is 17.7 Å². The molecule has 0 saturated heterocycles. The van der Waals surface area contributed by atoms with Crippen LogP contribution >= 0.6 is 0 Å². The fourth-order valence-corrected chi connectivity index (χ4v) is 4.37. The number of fused-ring (bicyclic) bond motifs is 1. The summed E-state index contributed by atoms with van der Waals surface area (Å²) in [5.74, 6) is 6.42. The number of benzene rings is 1. The minimum absolute atomic E-state index is 0.0180. The largest absolute Gasteiger partial charge is 0.472 e. The van der Waals surface area contributed by atoms with Gasteiger partial charge in [0.25, 0.3) is 5.91 Å². The highest BCUT2D eigenvalue weighted by molar-refractivity contribution is 5.97. The fourth-order valence-electron chi connectivity index (χ4n) is 4.37. The molecule has 0 saturated carbocycles. The van der Waals surface area contributed by atoms with Crippen LogP contribution in [0.5, 0.6) is 5.88 Å². The van der Waals surface area contributed by atoms with E-state index < -0.39 is 0 Å². The number of ether oxygens (including phenoxy) is 1. The van der Waals surface area contributed by atoms with E-state index >= 15 is 0 Å². The van der Waals surface area contributed by atoms with Gasteiger partial charge in [0.05, 0.1) is 18.3 Å². The molecule has 4 rings (SSSR count). The third kappa shape index (κ3) is 6.94. The second-order valence-electron chi connectivity index (χ2n) is 9.68. The van der Waals surface area contributed by atoms with E-state index in [0.29, 0.717) is 43.1 Å². The van der Waals surface area contributed by atoms with Gasteiger partial charge in [-0.15, -0.1) is 0 Å². The maximum atomic E-state index is 13.6. The van der Waals surface area contributed by atoms with E-state index in [-0.39, 0.29) is 30.6 Å². The fraction of sp³-hybridized carbons (Fsp3) is 0.367. The zero-order valence-electron chi connectivity index (χ0n) is 21.7. The van der Waals surface area contributed by atoms with Gasteiger partial charge in [0.1, 0.15) is 11.7 Å². The maximum absolute atomic E-state index is 13.6.